The average Bonchev–Trinajstić information content (AvgIpc) is 3.19. The maximum absolute atomic E-state index is 13.1. The van der Waals surface area contributed by atoms with Gasteiger partial charge in [0.1, 0.15) is 0 Å². The molecule has 164 valence electrons. The molecule has 1 heterocycles. The van der Waals surface area contributed by atoms with Crippen LogP contribution in [-0.2, 0) is 25.6 Å². The maximum Gasteiger partial charge on any atom is 0.311 e. The minimum Gasteiger partial charge on any atom is -0.469 e. The molecule has 0 bridgehead atoms. The summed E-state index contributed by atoms with van der Waals surface area (Å²) in [5, 5.41) is 0. The number of hydrogen-bond acceptors (Lipinski definition) is 5. The Hall–Kier alpha value is -3.44. The van der Waals surface area contributed by atoms with Gasteiger partial charge in [-0.05, 0) is 16.7 Å². The molecule has 5 heteroatoms. The molecular formula is C27H27NO4. The van der Waals surface area contributed by atoms with E-state index in [0.29, 0.717) is 6.54 Å². The third-order valence-corrected chi connectivity index (χ3v) is 6.22. The first kappa shape index (κ1) is 21.8. The fourth-order valence-electron chi connectivity index (χ4n) is 4.89. The van der Waals surface area contributed by atoms with Gasteiger partial charge in [-0.25, -0.2) is 0 Å². The van der Waals surface area contributed by atoms with Crippen LogP contribution < -0.4 is 0 Å². The number of benzene rings is 3. The molecule has 0 aliphatic carbocycles. The quantitative estimate of drug-likeness (QED) is 0.538. The maximum atomic E-state index is 13.1. The number of nitrogens with zero attached hydrogens (tertiary/aromatic N) is 1. The molecule has 1 fully saturated rings. The van der Waals surface area contributed by atoms with Crippen molar-refractivity contribution in [1.29, 1.82) is 0 Å². The minimum atomic E-state index is -0.705. The topological polar surface area (TPSA) is 55.8 Å². The van der Waals surface area contributed by atoms with Gasteiger partial charge in [-0.3, -0.25) is 14.5 Å². The van der Waals surface area contributed by atoms with Crippen LogP contribution in [0.4, 0.5) is 0 Å². The summed E-state index contributed by atoms with van der Waals surface area (Å²) >= 11 is 0. The van der Waals surface area contributed by atoms with Gasteiger partial charge >= 0.3 is 11.9 Å². The number of methoxy groups -OCH3 is 2. The van der Waals surface area contributed by atoms with Crippen LogP contribution in [0.25, 0.3) is 0 Å². The predicted octanol–water partition coefficient (Wildman–Crippen LogP) is 4.56. The van der Waals surface area contributed by atoms with Gasteiger partial charge in [0.25, 0.3) is 0 Å². The first-order valence-corrected chi connectivity index (χ1v) is 10.7. The summed E-state index contributed by atoms with van der Waals surface area (Å²) in [7, 11) is 2.74. The van der Waals surface area contributed by atoms with Crippen molar-refractivity contribution in [3.63, 3.8) is 0 Å². The molecule has 0 aromatic heterocycles. The number of likely N-dealkylation sites (tertiary alicyclic amines) is 1. The Morgan fingerprint density at radius 2 is 1.03 bits per heavy atom. The van der Waals surface area contributed by atoms with E-state index in [2.05, 4.69) is 17.0 Å². The summed E-state index contributed by atoms with van der Waals surface area (Å²) in [4.78, 5) is 28.5. The third-order valence-electron chi connectivity index (χ3n) is 6.22. The van der Waals surface area contributed by atoms with Crippen molar-refractivity contribution in [3.05, 3.63) is 108 Å². The number of ether oxygens (including phenoxy) is 2. The zero-order valence-electron chi connectivity index (χ0n) is 18.3. The van der Waals surface area contributed by atoms with Crippen LogP contribution in [0, 0.1) is 11.8 Å². The third kappa shape index (κ3) is 4.16. The molecule has 5 nitrogen and oxygen atoms in total. The Kier molecular flexibility index (Phi) is 6.66. The Bertz CT molecular complexity index is 974. The van der Waals surface area contributed by atoms with Crippen LogP contribution >= 0.6 is 0 Å². The van der Waals surface area contributed by atoms with E-state index in [9.17, 15) is 9.59 Å². The first-order valence-electron chi connectivity index (χ1n) is 10.7. The first-order chi connectivity index (χ1) is 15.7. The molecule has 3 aromatic carbocycles. The summed E-state index contributed by atoms with van der Waals surface area (Å²) in [6, 6.07) is 29.1. The van der Waals surface area contributed by atoms with Gasteiger partial charge in [-0.2, -0.15) is 0 Å². The van der Waals surface area contributed by atoms with E-state index in [1.165, 1.54) is 14.2 Å². The van der Waals surface area contributed by atoms with Crippen LogP contribution in [-0.4, -0.2) is 31.1 Å². The van der Waals surface area contributed by atoms with Crippen molar-refractivity contribution in [2.75, 3.05) is 14.2 Å². The van der Waals surface area contributed by atoms with Crippen LogP contribution in [0.5, 0.6) is 0 Å². The van der Waals surface area contributed by atoms with E-state index in [4.69, 9.17) is 9.47 Å². The SMILES string of the molecule is COC(=O)[C@@H]1[C@@H](C(=O)OC)[C@@H](c2ccccc2)N(Cc2ccccc2)[C@@H]1c1ccccc1. The highest BCUT2D eigenvalue weighted by Crippen LogP contribution is 2.53. The van der Waals surface area contributed by atoms with E-state index in [0.717, 1.165) is 16.7 Å². The second-order valence-electron chi connectivity index (χ2n) is 7.97. The van der Waals surface area contributed by atoms with Crippen LogP contribution in [0.15, 0.2) is 91.0 Å². The molecule has 32 heavy (non-hydrogen) atoms. The highest BCUT2D eigenvalue weighted by atomic mass is 16.5. The Labute approximate surface area is 188 Å². The highest BCUT2D eigenvalue weighted by Gasteiger charge is 2.57. The molecule has 0 amide bonds. The van der Waals surface area contributed by atoms with Crippen molar-refractivity contribution < 1.29 is 19.1 Å². The molecule has 1 aliphatic heterocycles. The second-order valence-corrected chi connectivity index (χ2v) is 7.97. The number of carbonyl (C=O) groups is 2. The molecule has 0 N–H and O–H groups in total. The van der Waals surface area contributed by atoms with Crippen LogP contribution in [0.2, 0.25) is 0 Å². The van der Waals surface area contributed by atoms with Gasteiger partial charge in [0.05, 0.1) is 38.1 Å². The molecule has 4 atom stereocenters. The van der Waals surface area contributed by atoms with Crippen LogP contribution in [0.3, 0.4) is 0 Å². The number of carbonyl (C=O) groups excluding carboxylic acids is 2. The molecule has 1 aliphatic rings. The zero-order chi connectivity index (χ0) is 22.5. The van der Waals surface area contributed by atoms with E-state index in [1.54, 1.807) is 0 Å². The number of hydrogen-bond donors (Lipinski definition) is 0. The van der Waals surface area contributed by atoms with E-state index in [-0.39, 0.29) is 12.1 Å². The molecule has 0 radical (unpaired) electrons. The van der Waals surface area contributed by atoms with Crippen molar-refractivity contribution >= 4 is 11.9 Å². The lowest BCUT2D eigenvalue weighted by atomic mass is 9.82. The average molecular weight is 430 g/mol. The van der Waals surface area contributed by atoms with Crippen molar-refractivity contribution in [2.45, 2.75) is 18.6 Å². The van der Waals surface area contributed by atoms with E-state index < -0.39 is 23.8 Å². The lowest BCUT2D eigenvalue weighted by Crippen LogP contribution is -2.32. The van der Waals surface area contributed by atoms with Crippen molar-refractivity contribution in [1.82, 2.24) is 4.90 Å². The normalized spacial score (nSPS) is 22.9. The zero-order valence-corrected chi connectivity index (χ0v) is 18.3. The summed E-state index contributed by atoms with van der Waals surface area (Å²) in [6.07, 6.45) is 0. The van der Waals surface area contributed by atoms with Crippen LogP contribution in [0.1, 0.15) is 28.8 Å². The fourth-order valence-corrected chi connectivity index (χ4v) is 4.89. The minimum absolute atomic E-state index is 0.349. The molecular weight excluding hydrogens is 402 g/mol. The lowest BCUT2D eigenvalue weighted by Gasteiger charge is -2.32. The Morgan fingerprint density at radius 1 is 0.656 bits per heavy atom. The number of esters is 2. The smallest absolute Gasteiger partial charge is 0.311 e. The summed E-state index contributed by atoms with van der Waals surface area (Å²) in [5.74, 6) is -2.23. The highest BCUT2D eigenvalue weighted by molar-refractivity contribution is 5.84. The van der Waals surface area contributed by atoms with E-state index in [1.807, 2.05) is 78.9 Å². The molecule has 0 unspecified atom stereocenters. The molecule has 0 spiro atoms. The largest absolute Gasteiger partial charge is 0.469 e. The molecule has 1 saturated heterocycles. The molecule has 4 rings (SSSR count). The summed E-state index contributed by atoms with van der Waals surface area (Å²) in [5.41, 5.74) is 3.03. The number of rotatable bonds is 6. The predicted molar refractivity (Wildman–Crippen MR) is 121 cm³/mol. The van der Waals surface area contributed by atoms with E-state index >= 15 is 0 Å². The lowest BCUT2D eigenvalue weighted by molar-refractivity contribution is -0.157. The molecule has 3 aromatic rings. The van der Waals surface area contributed by atoms with Gasteiger partial charge in [-0.15, -0.1) is 0 Å². The summed E-state index contributed by atoms with van der Waals surface area (Å²) < 4.78 is 10.4. The van der Waals surface area contributed by atoms with Gasteiger partial charge in [-0.1, -0.05) is 91.0 Å². The van der Waals surface area contributed by atoms with Crippen molar-refractivity contribution in [2.24, 2.45) is 11.8 Å². The summed E-state index contributed by atoms with van der Waals surface area (Å²) in [6.45, 7) is 0.570. The van der Waals surface area contributed by atoms with Gasteiger partial charge < -0.3 is 9.47 Å². The monoisotopic (exact) mass is 429 g/mol. The molecule has 0 saturated carbocycles. The van der Waals surface area contributed by atoms with Gasteiger partial charge in [0, 0.05) is 6.54 Å². The fraction of sp³-hybridized carbons (Fsp3) is 0.259. The Balaban J connectivity index is 1.92. The Morgan fingerprint density at radius 3 is 1.41 bits per heavy atom. The second kappa shape index (κ2) is 9.79. The van der Waals surface area contributed by atoms with Gasteiger partial charge in [0.2, 0.25) is 0 Å². The van der Waals surface area contributed by atoms with Crippen molar-refractivity contribution in [3.8, 4) is 0 Å². The van der Waals surface area contributed by atoms with Gasteiger partial charge in [0.15, 0.2) is 0 Å². The standard InChI is InChI=1S/C27H27NO4/c1-31-26(29)22-23(27(30)32-2)25(21-16-10-5-11-17-21)28(18-19-12-6-3-7-13-19)24(22)20-14-8-4-9-15-20/h3-17,22-25H,18H2,1-2H3/t22-,23-,24-,25-/m1/s1.